The number of para-hydroxylation sites is 1. The summed E-state index contributed by atoms with van der Waals surface area (Å²) in [5.41, 5.74) is 6.91. The zero-order valence-corrected chi connectivity index (χ0v) is 28.4. The van der Waals surface area contributed by atoms with Crippen molar-refractivity contribution in [2.45, 2.75) is 26.2 Å². The van der Waals surface area contributed by atoms with Gasteiger partial charge in [0, 0.05) is 34.3 Å². The van der Waals surface area contributed by atoms with E-state index in [-0.39, 0.29) is 0 Å². The second kappa shape index (κ2) is 12.8. The van der Waals surface area contributed by atoms with Crippen molar-refractivity contribution in [1.29, 1.82) is 0 Å². The average molecular weight is 714 g/mol. The molecule has 3 nitrogen and oxygen atoms in total. The minimum Gasteiger partial charge on any atom is -0.309 e. The molecular weight excluding hydrogens is 684 g/mol. The molecule has 0 saturated carbocycles. The fraction of sp³-hybridized carbons (Fsp3) is 0.0909. The van der Waals surface area contributed by atoms with Crippen LogP contribution in [0.4, 0.5) is 26.3 Å². The zero-order valence-electron chi connectivity index (χ0n) is 28.4. The largest absolute Gasteiger partial charge is 0.416 e. The van der Waals surface area contributed by atoms with Crippen molar-refractivity contribution in [3.8, 4) is 50.5 Å². The molecule has 0 bridgehead atoms. The normalized spacial score (nSPS) is 12.2. The summed E-state index contributed by atoms with van der Waals surface area (Å²) >= 11 is 0. The van der Waals surface area contributed by atoms with Gasteiger partial charge < -0.3 is 4.57 Å². The fourth-order valence-electron chi connectivity index (χ4n) is 7.02. The van der Waals surface area contributed by atoms with Crippen LogP contribution >= 0.6 is 0 Å². The molecule has 8 aromatic rings. The first-order valence-corrected chi connectivity index (χ1v) is 16.8. The Kier molecular flexibility index (Phi) is 8.17. The highest BCUT2D eigenvalue weighted by Crippen LogP contribution is 2.41. The smallest absolute Gasteiger partial charge is 0.309 e. The topological polar surface area (TPSA) is 30.7 Å². The van der Waals surface area contributed by atoms with Crippen molar-refractivity contribution in [1.82, 2.24) is 14.5 Å². The summed E-state index contributed by atoms with van der Waals surface area (Å²) in [6.07, 6.45) is -5.59. The predicted octanol–water partition coefficient (Wildman–Crippen LogP) is 12.9. The maximum Gasteiger partial charge on any atom is 0.416 e. The second-order valence-electron chi connectivity index (χ2n) is 13.1. The number of pyridine rings is 2. The highest BCUT2D eigenvalue weighted by molar-refractivity contribution is 6.12. The Labute approximate surface area is 300 Å². The van der Waals surface area contributed by atoms with Crippen LogP contribution in [0.15, 0.2) is 140 Å². The van der Waals surface area contributed by atoms with E-state index in [1.54, 1.807) is 50.5 Å². The Hall–Kier alpha value is -6.22. The van der Waals surface area contributed by atoms with E-state index in [1.165, 1.54) is 0 Å². The van der Waals surface area contributed by atoms with E-state index in [4.69, 9.17) is 4.98 Å². The second-order valence-corrected chi connectivity index (χ2v) is 13.1. The summed E-state index contributed by atoms with van der Waals surface area (Å²) in [5, 5.41) is 1.45. The van der Waals surface area contributed by atoms with Crippen LogP contribution < -0.4 is 0 Å². The Morgan fingerprint density at radius 1 is 0.453 bits per heavy atom. The van der Waals surface area contributed by atoms with Gasteiger partial charge in [0.1, 0.15) is 0 Å². The molecule has 0 unspecified atom stereocenters. The monoisotopic (exact) mass is 713 g/mol. The number of halogens is 6. The van der Waals surface area contributed by atoms with Crippen LogP contribution in [0.5, 0.6) is 0 Å². The summed E-state index contributed by atoms with van der Waals surface area (Å²) in [5.74, 6) is 0. The summed E-state index contributed by atoms with van der Waals surface area (Å²) < 4.78 is 85.3. The molecule has 8 rings (SSSR count). The van der Waals surface area contributed by atoms with Crippen molar-refractivity contribution in [2.24, 2.45) is 0 Å². The SMILES string of the molecule is Cc1cc(-c2ccc3c(c2)c2cc(-c4cc(C)cc(C(F)(F)F)c4)ccc2n3-c2ccccc2-c2cc(-c3ccccn3)ccn2)cc(C(F)(F)F)c1. The van der Waals surface area contributed by atoms with Gasteiger partial charge in [0.25, 0.3) is 0 Å². The van der Waals surface area contributed by atoms with Gasteiger partial charge in [-0.3, -0.25) is 9.97 Å². The van der Waals surface area contributed by atoms with E-state index in [9.17, 15) is 26.3 Å². The summed E-state index contributed by atoms with van der Waals surface area (Å²) in [6.45, 7) is 3.25. The van der Waals surface area contributed by atoms with Gasteiger partial charge in [0.15, 0.2) is 0 Å². The standard InChI is InChI=1S/C44H29F6N3/c1-26-17-31(21-33(19-26)43(45,46)47)28-10-12-41-36(23-28)37-24-29(32-18-27(2)20-34(22-32)44(48,49)50)11-13-42(37)53(41)40-9-4-3-7-35(40)39-25-30(14-16-52-39)38-8-5-6-15-51-38/h3-25H,1-2H3. The van der Waals surface area contributed by atoms with E-state index >= 15 is 0 Å². The van der Waals surface area contributed by atoms with Gasteiger partial charge in [-0.25, -0.2) is 0 Å². The number of aryl methyl sites for hydroxylation is 2. The molecule has 5 aromatic carbocycles. The fourth-order valence-corrected chi connectivity index (χ4v) is 7.02. The molecule has 0 amide bonds. The van der Waals surface area contributed by atoms with Gasteiger partial charge in [0.05, 0.1) is 39.2 Å². The van der Waals surface area contributed by atoms with Gasteiger partial charge >= 0.3 is 12.4 Å². The maximum atomic E-state index is 13.9. The molecule has 0 fully saturated rings. The van der Waals surface area contributed by atoms with E-state index in [0.717, 1.165) is 68.6 Å². The van der Waals surface area contributed by atoms with Gasteiger partial charge in [0.2, 0.25) is 0 Å². The van der Waals surface area contributed by atoms with Crippen LogP contribution in [-0.2, 0) is 12.4 Å². The molecule has 0 aliphatic rings. The zero-order chi connectivity index (χ0) is 37.1. The van der Waals surface area contributed by atoms with E-state index < -0.39 is 23.5 Å². The van der Waals surface area contributed by atoms with Crippen LogP contribution in [0.3, 0.4) is 0 Å². The average Bonchev–Trinajstić information content (AvgIpc) is 3.47. The molecule has 0 aliphatic heterocycles. The third-order valence-corrected chi connectivity index (χ3v) is 9.38. The molecule has 0 saturated heterocycles. The Morgan fingerprint density at radius 3 is 1.55 bits per heavy atom. The van der Waals surface area contributed by atoms with Crippen molar-refractivity contribution < 1.29 is 26.3 Å². The lowest BCUT2D eigenvalue weighted by atomic mass is 9.96. The number of hydrogen-bond donors (Lipinski definition) is 0. The maximum absolute atomic E-state index is 13.9. The molecule has 3 heterocycles. The van der Waals surface area contributed by atoms with E-state index in [0.29, 0.717) is 39.1 Å². The number of benzene rings is 5. The first kappa shape index (κ1) is 33.9. The first-order chi connectivity index (χ1) is 25.3. The Balaban J connectivity index is 1.38. The van der Waals surface area contributed by atoms with Crippen molar-refractivity contribution in [3.05, 3.63) is 162 Å². The molecule has 9 heteroatoms. The minimum absolute atomic E-state index is 0.403. The third kappa shape index (κ3) is 6.43. The molecule has 262 valence electrons. The number of hydrogen-bond acceptors (Lipinski definition) is 2. The highest BCUT2D eigenvalue weighted by atomic mass is 19.4. The lowest BCUT2D eigenvalue weighted by molar-refractivity contribution is -0.138. The van der Waals surface area contributed by atoms with Crippen molar-refractivity contribution in [3.63, 3.8) is 0 Å². The van der Waals surface area contributed by atoms with Crippen LogP contribution in [0.1, 0.15) is 22.3 Å². The first-order valence-electron chi connectivity index (χ1n) is 16.8. The predicted molar refractivity (Wildman–Crippen MR) is 198 cm³/mol. The Morgan fingerprint density at radius 2 is 1.00 bits per heavy atom. The van der Waals surface area contributed by atoms with Crippen LogP contribution in [0.2, 0.25) is 0 Å². The van der Waals surface area contributed by atoms with Crippen LogP contribution in [-0.4, -0.2) is 14.5 Å². The number of aromatic nitrogens is 3. The lowest BCUT2D eigenvalue weighted by Crippen LogP contribution is -2.05. The number of alkyl halides is 6. The summed E-state index contributed by atoms with van der Waals surface area (Å²) in [6, 6.07) is 36.3. The molecule has 0 aliphatic carbocycles. The van der Waals surface area contributed by atoms with Gasteiger partial charge in [-0.2, -0.15) is 26.3 Å². The van der Waals surface area contributed by atoms with Gasteiger partial charge in [-0.05, 0) is 126 Å². The molecule has 0 spiro atoms. The molecule has 0 atom stereocenters. The number of nitrogens with zero attached hydrogens (tertiary/aromatic N) is 3. The Bertz CT molecular complexity index is 2550. The van der Waals surface area contributed by atoms with E-state index in [1.807, 2.05) is 78.9 Å². The molecule has 0 radical (unpaired) electrons. The van der Waals surface area contributed by atoms with E-state index in [2.05, 4.69) is 9.55 Å². The van der Waals surface area contributed by atoms with Crippen molar-refractivity contribution in [2.75, 3.05) is 0 Å². The number of rotatable bonds is 5. The quantitative estimate of drug-likeness (QED) is 0.166. The van der Waals surface area contributed by atoms with Crippen molar-refractivity contribution >= 4 is 21.8 Å². The molecule has 0 N–H and O–H groups in total. The summed E-state index contributed by atoms with van der Waals surface area (Å²) in [7, 11) is 0. The van der Waals surface area contributed by atoms with Crippen LogP contribution in [0.25, 0.3) is 72.3 Å². The van der Waals surface area contributed by atoms with Crippen LogP contribution in [0, 0.1) is 13.8 Å². The highest BCUT2D eigenvalue weighted by Gasteiger charge is 2.32. The molecular formula is C44H29F6N3. The minimum atomic E-state index is -4.52. The van der Waals surface area contributed by atoms with Gasteiger partial charge in [-0.15, -0.1) is 0 Å². The van der Waals surface area contributed by atoms with Gasteiger partial charge in [-0.1, -0.05) is 48.5 Å². The molecule has 3 aromatic heterocycles. The number of fused-ring (bicyclic) bond motifs is 3. The summed E-state index contributed by atoms with van der Waals surface area (Å²) in [4.78, 5) is 9.22. The lowest BCUT2D eigenvalue weighted by Gasteiger charge is -2.15. The molecule has 53 heavy (non-hydrogen) atoms. The third-order valence-electron chi connectivity index (χ3n) is 9.38.